The Balaban J connectivity index is 2.53. The SMILES string of the molecule is C=C(C)CC1CCCC(OC)(OO)C1. The molecule has 0 amide bonds. The van der Waals surface area contributed by atoms with Crippen LogP contribution in [0.1, 0.15) is 39.0 Å². The fourth-order valence-corrected chi connectivity index (χ4v) is 2.28. The maximum absolute atomic E-state index is 8.85. The summed E-state index contributed by atoms with van der Waals surface area (Å²) < 4.78 is 5.24. The van der Waals surface area contributed by atoms with E-state index in [0.717, 1.165) is 25.7 Å². The van der Waals surface area contributed by atoms with E-state index in [2.05, 4.69) is 11.5 Å². The van der Waals surface area contributed by atoms with Crippen molar-refractivity contribution in [2.75, 3.05) is 7.11 Å². The van der Waals surface area contributed by atoms with E-state index < -0.39 is 5.79 Å². The van der Waals surface area contributed by atoms with Crippen LogP contribution in [-0.2, 0) is 9.62 Å². The minimum Gasteiger partial charge on any atom is -0.351 e. The van der Waals surface area contributed by atoms with E-state index in [-0.39, 0.29) is 0 Å². The minimum atomic E-state index is -0.766. The van der Waals surface area contributed by atoms with Crippen molar-refractivity contribution < 1.29 is 14.9 Å². The Morgan fingerprint density at radius 2 is 2.36 bits per heavy atom. The van der Waals surface area contributed by atoms with Gasteiger partial charge in [0.25, 0.3) is 0 Å². The quantitative estimate of drug-likeness (QED) is 0.328. The van der Waals surface area contributed by atoms with Gasteiger partial charge in [-0.05, 0) is 32.1 Å². The van der Waals surface area contributed by atoms with Crippen LogP contribution in [-0.4, -0.2) is 18.2 Å². The van der Waals surface area contributed by atoms with E-state index in [4.69, 9.17) is 9.99 Å². The summed E-state index contributed by atoms with van der Waals surface area (Å²) >= 11 is 0. The Morgan fingerprint density at radius 1 is 1.64 bits per heavy atom. The van der Waals surface area contributed by atoms with Crippen molar-refractivity contribution in [3.63, 3.8) is 0 Å². The van der Waals surface area contributed by atoms with Crippen molar-refractivity contribution in [2.45, 2.75) is 44.8 Å². The van der Waals surface area contributed by atoms with Gasteiger partial charge in [0, 0.05) is 20.0 Å². The molecule has 2 atom stereocenters. The molecule has 1 fully saturated rings. The molecule has 1 aliphatic carbocycles. The van der Waals surface area contributed by atoms with Gasteiger partial charge in [0.15, 0.2) is 0 Å². The second-order valence-corrected chi connectivity index (χ2v) is 4.33. The molecule has 1 aliphatic rings. The summed E-state index contributed by atoms with van der Waals surface area (Å²) in [7, 11) is 1.58. The topological polar surface area (TPSA) is 38.7 Å². The summed E-state index contributed by atoms with van der Waals surface area (Å²) in [5.41, 5.74) is 1.18. The van der Waals surface area contributed by atoms with Crippen molar-refractivity contribution in [1.29, 1.82) is 0 Å². The van der Waals surface area contributed by atoms with E-state index in [1.807, 2.05) is 6.92 Å². The first kappa shape index (κ1) is 11.7. The predicted molar refractivity (Wildman–Crippen MR) is 54.8 cm³/mol. The molecule has 0 aromatic rings. The lowest BCUT2D eigenvalue weighted by Gasteiger charge is -2.36. The Labute approximate surface area is 85.6 Å². The molecule has 0 bridgehead atoms. The molecule has 0 saturated heterocycles. The summed E-state index contributed by atoms with van der Waals surface area (Å²) in [4.78, 5) is 4.49. The minimum absolute atomic E-state index is 0.522. The Bertz CT molecular complexity index is 197. The highest BCUT2D eigenvalue weighted by Gasteiger charge is 2.37. The lowest BCUT2D eigenvalue weighted by molar-refractivity contribution is -0.409. The van der Waals surface area contributed by atoms with Crippen LogP contribution in [0.4, 0.5) is 0 Å². The number of methoxy groups -OCH3 is 1. The zero-order chi connectivity index (χ0) is 10.6. The van der Waals surface area contributed by atoms with Crippen molar-refractivity contribution in [1.82, 2.24) is 0 Å². The predicted octanol–water partition coefficient (Wildman–Crippen LogP) is 2.98. The van der Waals surface area contributed by atoms with E-state index in [9.17, 15) is 0 Å². The van der Waals surface area contributed by atoms with Gasteiger partial charge in [-0.25, -0.2) is 10.1 Å². The van der Waals surface area contributed by atoms with Crippen LogP contribution >= 0.6 is 0 Å². The van der Waals surface area contributed by atoms with E-state index >= 15 is 0 Å². The smallest absolute Gasteiger partial charge is 0.201 e. The summed E-state index contributed by atoms with van der Waals surface area (Å²) in [6, 6.07) is 0. The summed E-state index contributed by atoms with van der Waals surface area (Å²) in [6.45, 7) is 5.94. The Morgan fingerprint density at radius 3 is 2.86 bits per heavy atom. The highest BCUT2D eigenvalue weighted by Crippen LogP contribution is 2.37. The van der Waals surface area contributed by atoms with Gasteiger partial charge in [-0.15, -0.1) is 6.58 Å². The van der Waals surface area contributed by atoms with Gasteiger partial charge in [-0.1, -0.05) is 5.57 Å². The summed E-state index contributed by atoms with van der Waals surface area (Å²) in [5.74, 6) is -0.244. The summed E-state index contributed by atoms with van der Waals surface area (Å²) in [5, 5.41) is 8.85. The second kappa shape index (κ2) is 4.91. The van der Waals surface area contributed by atoms with Crippen LogP contribution in [0, 0.1) is 5.92 Å². The number of rotatable bonds is 4. The molecule has 1 N–H and O–H groups in total. The van der Waals surface area contributed by atoms with Crippen molar-refractivity contribution in [3.05, 3.63) is 12.2 Å². The standard InChI is InChI=1S/C11H20O3/c1-9(2)7-10-5-4-6-11(8-10,13-3)14-12/h10,12H,1,4-8H2,2-3H3. The molecule has 0 aromatic heterocycles. The number of ether oxygens (including phenoxy) is 1. The molecule has 0 aliphatic heterocycles. The van der Waals surface area contributed by atoms with Gasteiger partial charge in [0.2, 0.25) is 5.79 Å². The maximum Gasteiger partial charge on any atom is 0.201 e. The maximum atomic E-state index is 8.85. The highest BCUT2D eigenvalue weighted by atomic mass is 17.1. The molecule has 14 heavy (non-hydrogen) atoms. The van der Waals surface area contributed by atoms with Gasteiger partial charge < -0.3 is 4.74 Å². The average Bonchev–Trinajstić information content (AvgIpc) is 2.17. The Hall–Kier alpha value is -0.380. The van der Waals surface area contributed by atoms with Crippen molar-refractivity contribution >= 4 is 0 Å². The average molecular weight is 200 g/mol. The van der Waals surface area contributed by atoms with Gasteiger partial charge >= 0.3 is 0 Å². The molecule has 1 rings (SSSR count). The van der Waals surface area contributed by atoms with Crippen LogP contribution < -0.4 is 0 Å². The van der Waals surface area contributed by atoms with Gasteiger partial charge in [0.05, 0.1) is 0 Å². The Kier molecular flexibility index (Phi) is 4.11. The molecule has 1 saturated carbocycles. The molecular formula is C11H20O3. The third-order valence-corrected chi connectivity index (χ3v) is 2.95. The third kappa shape index (κ3) is 2.80. The van der Waals surface area contributed by atoms with Gasteiger partial charge in [0.1, 0.15) is 0 Å². The zero-order valence-corrected chi connectivity index (χ0v) is 9.08. The first-order chi connectivity index (χ1) is 6.62. The molecule has 0 spiro atoms. The molecule has 0 radical (unpaired) electrons. The third-order valence-electron chi connectivity index (χ3n) is 2.95. The van der Waals surface area contributed by atoms with Gasteiger partial charge in [-0.3, -0.25) is 0 Å². The van der Waals surface area contributed by atoms with Crippen LogP contribution in [0.15, 0.2) is 12.2 Å². The lowest BCUT2D eigenvalue weighted by Crippen LogP contribution is -2.39. The zero-order valence-electron chi connectivity index (χ0n) is 9.08. The molecule has 82 valence electrons. The first-order valence-corrected chi connectivity index (χ1v) is 5.14. The molecule has 2 unspecified atom stereocenters. The van der Waals surface area contributed by atoms with Crippen LogP contribution in [0.3, 0.4) is 0 Å². The van der Waals surface area contributed by atoms with Gasteiger partial charge in [-0.2, -0.15) is 0 Å². The van der Waals surface area contributed by atoms with E-state index in [0.29, 0.717) is 5.92 Å². The molecular weight excluding hydrogens is 180 g/mol. The number of hydrogen-bond donors (Lipinski definition) is 1. The first-order valence-electron chi connectivity index (χ1n) is 5.14. The highest BCUT2D eigenvalue weighted by molar-refractivity contribution is 4.93. The van der Waals surface area contributed by atoms with Crippen LogP contribution in [0.2, 0.25) is 0 Å². The fraction of sp³-hybridized carbons (Fsp3) is 0.818. The lowest BCUT2D eigenvalue weighted by atomic mass is 9.81. The normalized spacial score (nSPS) is 32.9. The monoisotopic (exact) mass is 200 g/mol. The number of hydrogen-bond acceptors (Lipinski definition) is 3. The van der Waals surface area contributed by atoms with E-state index in [1.54, 1.807) is 7.11 Å². The molecule has 0 aromatic carbocycles. The number of allylic oxidation sites excluding steroid dienone is 1. The molecule has 0 heterocycles. The van der Waals surface area contributed by atoms with E-state index in [1.165, 1.54) is 12.0 Å². The van der Waals surface area contributed by atoms with Crippen molar-refractivity contribution in [3.8, 4) is 0 Å². The fourth-order valence-electron chi connectivity index (χ4n) is 2.28. The summed E-state index contributed by atoms with van der Waals surface area (Å²) in [6.07, 6.45) is 4.72. The largest absolute Gasteiger partial charge is 0.351 e. The molecule has 3 heteroatoms. The van der Waals surface area contributed by atoms with Crippen molar-refractivity contribution in [2.24, 2.45) is 5.92 Å². The van der Waals surface area contributed by atoms with Crippen LogP contribution in [0.25, 0.3) is 0 Å². The van der Waals surface area contributed by atoms with Crippen LogP contribution in [0.5, 0.6) is 0 Å². The molecule has 3 nitrogen and oxygen atoms in total. The second-order valence-electron chi connectivity index (χ2n) is 4.33.